The van der Waals surface area contributed by atoms with Crippen molar-refractivity contribution >= 4 is 52.1 Å². The SMILES string of the molecule is [N+3].[N-]=C=S.[N-]=C=S.[N-]=C=S. The van der Waals surface area contributed by atoms with Crippen LogP contribution in [-0.4, -0.2) is 15.5 Å². The second kappa shape index (κ2) is 92.1. The summed E-state index contributed by atoms with van der Waals surface area (Å²) in [5.41, 5.74) is 0. The maximum Gasteiger partial charge on any atom is 3.00 e. The Balaban J connectivity index is -0.0000000257. The summed E-state index contributed by atoms with van der Waals surface area (Å²) in [5, 5.41) is 25.4. The van der Waals surface area contributed by atoms with Crippen molar-refractivity contribution in [1.29, 1.82) is 0 Å². The molecular formula is C3N4S3. The summed E-state index contributed by atoms with van der Waals surface area (Å²) in [7, 11) is 0. The van der Waals surface area contributed by atoms with Crippen LogP contribution in [0.3, 0.4) is 0 Å². The fourth-order valence-corrected chi connectivity index (χ4v) is 0. The highest BCUT2D eigenvalue weighted by molar-refractivity contribution is 7.78. The van der Waals surface area contributed by atoms with Crippen molar-refractivity contribution in [2.45, 2.75) is 0 Å². The lowest BCUT2D eigenvalue weighted by Gasteiger charge is -1.37. The number of thiocarbonyl (C=S) groups is 3. The first-order chi connectivity index (χ1) is 4.24. The van der Waals surface area contributed by atoms with E-state index in [2.05, 4.69) is 36.7 Å². The minimum atomic E-state index is 0. The van der Waals surface area contributed by atoms with Gasteiger partial charge in [-0.1, -0.05) is 36.7 Å². The van der Waals surface area contributed by atoms with E-state index in [1.165, 1.54) is 15.5 Å². The van der Waals surface area contributed by atoms with E-state index in [9.17, 15) is 0 Å². The average Bonchev–Trinajstić information content (AvgIpc) is 1.70. The van der Waals surface area contributed by atoms with Crippen molar-refractivity contribution in [2.75, 3.05) is 0 Å². The summed E-state index contributed by atoms with van der Waals surface area (Å²) in [6.07, 6.45) is 0. The van der Waals surface area contributed by atoms with E-state index < -0.39 is 0 Å². The fraction of sp³-hybridized carbons (Fsp3) is 0. The van der Waals surface area contributed by atoms with E-state index >= 15 is 0 Å². The van der Waals surface area contributed by atoms with Gasteiger partial charge in [0.1, 0.15) is 0 Å². The Kier molecular flexibility index (Phi) is 211. The third kappa shape index (κ3) is 335. The maximum atomic E-state index is 7.13. The summed E-state index contributed by atoms with van der Waals surface area (Å²) >= 11 is 11.1. The summed E-state index contributed by atoms with van der Waals surface area (Å²) in [5.74, 6) is 0. The van der Waals surface area contributed by atoms with Crippen LogP contribution >= 0.6 is 36.7 Å². The Morgan fingerprint density at radius 3 is 0.700 bits per heavy atom. The van der Waals surface area contributed by atoms with Gasteiger partial charge < -0.3 is 16.2 Å². The van der Waals surface area contributed by atoms with Crippen molar-refractivity contribution in [2.24, 2.45) is 0 Å². The Morgan fingerprint density at radius 2 is 0.700 bits per heavy atom. The van der Waals surface area contributed by atoms with Gasteiger partial charge in [0.15, 0.2) is 0 Å². The van der Waals surface area contributed by atoms with Gasteiger partial charge in [0.25, 0.3) is 0 Å². The summed E-state index contributed by atoms with van der Waals surface area (Å²) < 4.78 is 0. The zero-order chi connectivity index (χ0) is 8.12. The zero-order valence-corrected chi connectivity index (χ0v) is 6.96. The van der Waals surface area contributed by atoms with Crippen LogP contribution in [0.2, 0.25) is 0 Å². The predicted molar refractivity (Wildman–Crippen MR) is 50.0 cm³/mol. The Morgan fingerprint density at radius 1 is 0.700 bits per heavy atom. The number of isothiocyanates is 3. The molecule has 0 fully saturated rings. The van der Waals surface area contributed by atoms with Crippen LogP contribution in [-0.2, 0) is 0 Å². The topological polar surface area (TPSA) is 97.4 Å². The van der Waals surface area contributed by atoms with E-state index in [-0.39, 0.29) is 6.15 Å². The highest BCUT2D eigenvalue weighted by Crippen LogP contribution is 1.20. The molecule has 0 aliphatic carbocycles. The van der Waals surface area contributed by atoms with E-state index in [1.807, 2.05) is 0 Å². The molecule has 0 bridgehead atoms. The lowest BCUT2D eigenvalue weighted by molar-refractivity contribution is 2.13. The first kappa shape index (κ1) is 22.9. The molecule has 0 unspecified atom stereocenters. The number of hydrogen-bond acceptors (Lipinski definition) is 3. The molecule has 0 amide bonds. The third-order valence-corrected chi connectivity index (χ3v) is 0. The highest BCUT2D eigenvalue weighted by atomic mass is 32.1. The molecule has 0 aliphatic rings. The van der Waals surface area contributed by atoms with Crippen LogP contribution < -0.4 is 6.15 Å². The van der Waals surface area contributed by atoms with E-state index in [0.29, 0.717) is 0 Å². The Labute approximate surface area is 74.7 Å². The average molecular weight is 188 g/mol. The van der Waals surface area contributed by atoms with Gasteiger partial charge in [0, 0.05) is 0 Å². The van der Waals surface area contributed by atoms with Gasteiger partial charge >= 0.3 is 6.15 Å². The molecule has 0 aromatic rings. The van der Waals surface area contributed by atoms with Crippen LogP contribution in [0.25, 0.3) is 16.2 Å². The summed E-state index contributed by atoms with van der Waals surface area (Å²) in [6.45, 7) is 0. The van der Waals surface area contributed by atoms with Crippen LogP contribution in [0.5, 0.6) is 0 Å². The standard InChI is InChI=1S/3CNS.N/c3*2-1-3;/q3*-1;+3. The highest BCUT2D eigenvalue weighted by Gasteiger charge is 3.00. The van der Waals surface area contributed by atoms with Crippen molar-refractivity contribution < 1.29 is 0 Å². The third-order valence-electron chi connectivity index (χ3n) is 0. The van der Waals surface area contributed by atoms with Crippen molar-refractivity contribution in [3.05, 3.63) is 16.2 Å². The fourth-order valence-electron chi connectivity index (χ4n) is 0. The lowest BCUT2D eigenvalue weighted by atomic mass is 11.8. The van der Waals surface area contributed by atoms with E-state index in [4.69, 9.17) is 16.2 Å². The van der Waals surface area contributed by atoms with Gasteiger partial charge in [-0.2, -0.15) is 15.5 Å². The van der Waals surface area contributed by atoms with Gasteiger partial charge in [-0.3, -0.25) is 0 Å². The second-order valence-corrected chi connectivity index (χ2v) is 0.822. The molecule has 2 radical (unpaired) electrons. The molecule has 0 heterocycles. The van der Waals surface area contributed by atoms with E-state index in [0.717, 1.165) is 0 Å². The number of nitrogens with zero attached hydrogens (tertiary/aromatic N) is 4. The van der Waals surface area contributed by atoms with Gasteiger partial charge in [0.2, 0.25) is 0 Å². The quantitative estimate of drug-likeness (QED) is 0.425. The molecule has 7 heteroatoms. The molecule has 0 atom stereocenters. The molecule has 0 saturated heterocycles. The molecule has 0 aliphatic heterocycles. The van der Waals surface area contributed by atoms with E-state index in [1.54, 1.807) is 0 Å². The molecule has 0 rings (SSSR count). The largest absolute Gasteiger partial charge is 3.00 e. The summed E-state index contributed by atoms with van der Waals surface area (Å²) in [6, 6.07) is 0. The summed E-state index contributed by atoms with van der Waals surface area (Å²) in [4.78, 5) is 0. The Bertz CT molecular complexity index is 107. The van der Waals surface area contributed by atoms with Gasteiger partial charge in [0.05, 0.1) is 0 Å². The van der Waals surface area contributed by atoms with Crippen molar-refractivity contribution in [3.63, 3.8) is 0 Å². The van der Waals surface area contributed by atoms with Crippen LogP contribution in [0.1, 0.15) is 0 Å². The molecular weight excluding hydrogens is 188 g/mol. The monoisotopic (exact) mass is 188 g/mol. The normalized spacial score (nSPS) is 2.40. The molecule has 0 aromatic heterocycles. The van der Waals surface area contributed by atoms with Gasteiger partial charge in [-0.05, 0) is 0 Å². The lowest BCUT2D eigenvalue weighted by Crippen LogP contribution is -0.979. The van der Waals surface area contributed by atoms with Crippen LogP contribution in [0, 0.1) is 0 Å². The molecule has 0 spiro atoms. The van der Waals surface area contributed by atoms with Crippen molar-refractivity contribution in [1.82, 2.24) is 6.15 Å². The maximum absolute atomic E-state index is 7.13. The molecule has 50 valence electrons. The predicted octanol–water partition coefficient (Wildman–Crippen LogP) is 1.50. The molecule has 0 aromatic carbocycles. The second-order valence-electron chi connectivity index (χ2n) is 0.274. The first-order valence-corrected chi connectivity index (χ1v) is 2.51. The Hall–Kier alpha value is -0.890. The van der Waals surface area contributed by atoms with Gasteiger partial charge in [-0.15, -0.1) is 0 Å². The minimum Gasteiger partial charge on any atom is -0.753 e. The van der Waals surface area contributed by atoms with Crippen molar-refractivity contribution in [3.8, 4) is 0 Å². The molecule has 10 heavy (non-hydrogen) atoms. The van der Waals surface area contributed by atoms with Crippen LogP contribution in [0.15, 0.2) is 0 Å². The molecule has 4 nitrogen and oxygen atoms in total. The van der Waals surface area contributed by atoms with Gasteiger partial charge in [-0.25, -0.2) is 0 Å². The number of rotatable bonds is 0. The van der Waals surface area contributed by atoms with Crippen LogP contribution in [0.4, 0.5) is 0 Å². The first-order valence-electron chi connectivity index (χ1n) is 1.28. The number of hydrogen-bond donors (Lipinski definition) is 0. The molecule has 0 saturated carbocycles. The molecule has 0 N–H and O–H groups in total. The minimum absolute atomic E-state index is 0. The zero-order valence-electron chi connectivity index (χ0n) is 4.51. The smallest absolute Gasteiger partial charge is 0.753 e.